The fourth-order valence-electron chi connectivity index (χ4n) is 1.65. The van der Waals surface area contributed by atoms with Crippen LogP contribution in [0, 0.1) is 0 Å². The molecule has 1 aromatic carbocycles. The molecular formula is C15H25NO4. The van der Waals surface area contributed by atoms with Crippen molar-refractivity contribution in [3.8, 4) is 5.75 Å². The maximum Gasteiger partial charge on any atom is 0.120 e. The molecule has 1 rings (SSSR count). The van der Waals surface area contributed by atoms with Gasteiger partial charge in [-0.3, -0.25) is 0 Å². The highest BCUT2D eigenvalue weighted by Gasteiger charge is 2.05. The predicted octanol–water partition coefficient (Wildman–Crippen LogP) is 1.28. The molecule has 1 atom stereocenters. The Morgan fingerprint density at radius 3 is 2.65 bits per heavy atom. The van der Waals surface area contributed by atoms with Crippen molar-refractivity contribution in [3.05, 3.63) is 29.8 Å². The second-order valence-electron chi connectivity index (χ2n) is 4.91. The van der Waals surface area contributed by atoms with Crippen LogP contribution in [0.4, 0.5) is 0 Å². The van der Waals surface area contributed by atoms with Gasteiger partial charge < -0.3 is 25.0 Å². The zero-order valence-electron chi connectivity index (χ0n) is 12.2. The number of phenolic OH excluding ortho intramolecular Hbond substituents is 1. The van der Waals surface area contributed by atoms with E-state index in [4.69, 9.17) is 9.47 Å². The van der Waals surface area contributed by atoms with E-state index in [0.717, 1.165) is 5.56 Å². The Morgan fingerprint density at radius 2 is 1.95 bits per heavy atom. The summed E-state index contributed by atoms with van der Waals surface area (Å²) in [5.41, 5.74) is 0.811. The standard InChI is InChI=1S/C15H25NO4/c1-12(2)20-8-7-19-11-14(17)10-16-9-13-5-3-4-6-15(13)18/h3-6,12,14,16-18H,7-11H2,1-2H3. The summed E-state index contributed by atoms with van der Waals surface area (Å²) in [7, 11) is 0. The molecule has 5 nitrogen and oxygen atoms in total. The van der Waals surface area contributed by atoms with Gasteiger partial charge in [0.2, 0.25) is 0 Å². The van der Waals surface area contributed by atoms with Crippen LogP contribution in [0.5, 0.6) is 5.75 Å². The molecule has 1 unspecified atom stereocenters. The van der Waals surface area contributed by atoms with Gasteiger partial charge in [-0.05, 0) is 19.9 Å². The average molecular weight is 283 g/mol. The van der Waals surface area contributed by atoms with Crippen molar-refractivity contribution in [2.45, 2.75) is 32.6 Å². The first-order chi connectivity index (χ1) is 9.59. The number of hydrogen-bond acceptors (Lipinski definition) is 5. The Bertz CT molecular complexity index is 371. The van der Waals surface area contributed by atoms with Crippen molar-refractivity contribution in [1.29, 1.82) is 0 Å². The zero-order chi connectivity index (χ0) is 14.8. The molecule has 0 heterocycles. The minimum Gasteiger partial charge on any atom is -0.508 e. The van der Waals surface area contributed by atoms with Crippen LogP contribution >= 0.6 is 0 Å². The van der Waals surface area contributed by atoms with E-state index in [1.165, 1.54) is 0 Å². The molecular weight excluding hydrogens is 258 g/mol. The van der Waals surface area contributed by atoms with E-state index in [1.807, 2.05) is 26.0 Å². The van der Waals surface area contributed by atoms with Crippen LogP contribution in [0.15, 0.2) is 24.3 Å². The van der Waals surface area contributed by atoms with Crippen LogP contribution in [0.2, 0.25) is 0 Å². The Hall–Kier alpha value is -1.14. The van der Waals surface area contributed by atoms with E-state index in [9.17, 15) is 10.2 Å². The van der Waals surface area contributed by atoms with E-state index < -0.39 is 6.10 Å². The minimum absolute atomic E-state index is 0.198. The maximum absolute atomic E-state index is 9.71. The lowest BCUT2D eigenvalue weighted by Gasteiger charge is -2.13. The minimum atomic E-state index is -0.570. The SMILES string of the molecule is CC(C)OCCOCC(O)CNCc1ccccc1O. The molecule has 1 aromatic rings. The van der Waals surface area contributed by atoms with Gasteiger partial charge in [-0.25, -0.2) is 0 Å². The molecule has 0 aliphatic carbocycles. The first-order valence-electron chi connectivity index (χ1n) is 6.94. The van der Waals surface area contributed by atoms with Gasteiger partial charge in [-0.2, -0.15) is 0 Å². The smallest absolute Gasteiger partial charge is 0.120 e. The summed E-state index contributed by atoms with van der Waals surface area (Å²) < 4.78 is 10.6. The Morgan fingerprint density at radius 1 is 1.20 bits per heavy atom. The average Bonchev–Trinajstić information content (AvgIpc) is 2.40. The Balaban J connectivity index is 2.05. The molecule has 0 saturated heterocycles. The van der Waals surface area contributed by atoms with Crippen molar-refractivity contribution < 1.29 is 19.7 Å². The molecule has 5 heteroatoms. The highest BCUT2D eigenvalue weighted by Crippen LogP contribution is 2.14. The largest absolute Gasteiger partial charge is 0.508 e. The summed E-state index contributed by atoms with van der Waals surface area (Å²) in [6.07, 6.45) is -0.372. The number of aromatic hydroxyl groups is 1. The third-order valence-corrected chi connectivity index (χ3v) is 2.68. The highest BCUT2D eigenvalue weighted by molar-refractivity contribution is 5.31. The molecule has 20 heavy (non-hydrogen) atoms. The third-order valence-electron chi connectivity index (χ3n) is 2.68. The van der Waals surface area contributed by atoms with Gasteiger partial charge in [0, 0.05) is 18.7 Å². The molecule has 3 N–H and O–H groups in total. The topological polar surface area (TPSA) is 71.0 Å². The third kappa shape index (κ3) is 7.45. The Labute approximate surface area is 120 Å². The first-order valence-corrected chi connectivity index (χ1v) is 6.94. The predicted molar refractivity (Wildman–Crippen MR) is 77.7 cm³/mol. The quantitative estimate of drug-likeness (QED) is 0.564. The molecule has 0 radical (unpaired) electrons. The molecule has 0 aliphatic heterocycles. The Kier molecular flexibility index (Phi) is 8.22. The number of benzene rings is 1. The number of ether oxygens (including phenoxy) is 2. The van der Waals surface area contributed by atoms with Gasteiger partial charge in [0.1, 0.15) is 5.75 Å². The summed E-state index contributed by atoms with van der Waals surface area (Å²) in [5, 5.41) is 22.4. The summed E-state index contributed by atoms with van der Waals surface area (Å²) in [6.45, 7) is 6.16. The number of phenols is 1. The summed E-state index contributed by atoms with van der Waals surface area (Å²) >= 11 is 0. The molecule has 0 amide bonds. The second-order valence-corrected chi connectivity index (χ2v) is 4.91. The summed E-state index contributed by atoms with van der Waals surface area (Å²) in [4.78, 5) is 0. The number of aliphatic hydroxyl groups excluding tert-OH is 1. The van der Waals surface area contributed by atoms with Crippen LogP contribution in [0.1, 0.15) is 19.4 Å². The summed E-state index contributed by atoms with van der Waals surface area (Å²) in [6, 6.07) is 7.13. The van der Waals surface area contributed by atoms with Gasteiger partial charge in [0.15, 0.2) is 0 Å². The van der Waals surface area contributed by atoms with E-state index in [2.05, 4.69) is 5.32 Å². The van der Waals surface area contributed by atoms with Gasteiger partial charge in [0.25, 0.3) is 0 Å². The number of nitrogens with one attached hydrogen (secondary N) is 1. The molecule has 0 spiro atoms. The van der Waals surface area contributed by atoms with Crippen LogP contribution < -0.4 is 5.32 Å². The molecule has 0 aliphatic rings. The van der Waals surface area contributed by atoms with Crippen LogP contribution in [0.25, 0.3) is 0 Å². The number of para-hydroxylation sites is 1. The van der Waals surface area contributed by atoms with Crippen LogP contribution in [0.3, 0.4) is 0 Å². The van der Waals surface area contributed by atoms with E-state index in [-0.39, 0.29) is 18.5 Å². The van der Waals surface area contributed by atoms with Crippen LogP contribution in [-0.2, 0) is 16.0 Å². The molecule has 114 valence electrons. The molecule has 0 aromatic heterocycles. The van der Waals surface area contributed by atoms with Crippen molar-refractivity contribution >= 4 is 0 Å². The summed E-state index contributed by atoms with van der Waals surface area (Å²) in [5.74, 6) is 0.261. The first kappa shape index (κ1) is 16.9. The number of aliphatic hydroxyl groups is 1. The van der Waals surface area contributed by atoms with Gasteiger partial charge >= 0.3 is 0 Å². The van der Waals surface area contributed by atoms with E-state index in [1.54, 1.807) is 12.1 Å². The van der Waals surface area contributed by atoms with Crippen molar-refractivity contribution in [3.63, 3.8) is 0 Å². The van der Waals surface area contributed by atoms with Crippen molar-refractivity contribution in [1.82, 2.24) is 5.32 Å². The normalized spacial score (nSPS) is 12.8. The highest BCUT2D eigenvalue weighted by atomic mass is 16.5. The zero-order valence-corrected chi connectivity index (χ0v) is 12.2. The number of hydrogen-bond donors (Lipinski definition) is 3. The molecule has 0 fully saturated rings. The fraction of sp³-hybridized carbons (Fsp3) is 0.600. The second kappa shape index (κ2) is 9.72. The molecule has 0 saturated carbocycles. The van der Waals surface area contributed by atoms with Crippen LogP contribution in [-0.4, -0.2) is 48.8 Å². The lowest BCUT2D eigenvalue weighted by molar-refractivity contribution is -0.0100. The lowest BCUT2D eigenvalue weighted by atomic mass is 10.2. The monoisotopic (exact) mass is 283 g/mol. The van der Waals surface area contributed by atoms with Gasteiger partial charge in [-0.1, -0.05) is 18.2 Å². The van der Waals surface area contributed by atoms with E-state index >= 15 is 0 Å². The van der Waals surface area contributed by atoms with E-state index in [0.29, 0.717) is 26.3 Å². The lowest BCUT2D eigenvalue weighted by Crippen LogP contribution is -2.30. The maximum atomic E-state index is 9.71. The van der Waals surface area contributed by atoms with Gasteiger partial charge in [-0.15, -0.1) is 0 Å². The molecule has 0 bridgehead atoms. The fourth-order valence-corrected chi connectivity index (χ4v) is 1.65. The van der Waals surface area contributed by atoms with Crippen molar-refractivity contribution in [2.75, 3.05) is 26.4 Å². The van der Waals surface area contributed by atoms with Crippen molar-refractivity contribution in [2.24, 2.45) is 0 Å². The van der Waals surface area contributed by atoms with Gasteiger partial charge in [0.05, 0.1) is 32.0 Å². The number of rotatable bonds is 10.